The number of likely N-dealkylation sites (N-methyl/N-ethyl adjacent to an activating group) is 1. The zero-order valence-corrected chi connectivity index (χ0v) is 11.4. The summed E-state index contributed by atoms with van der Waals surface area (Å²) in [5, 5.41) is 0. The van der Waals surface area contributed by atoms with Gasteiger partial charge in [0.15, 0.2) is 0 Å². The molecule has 0 aliphatic heterocycles. The molecule has 17 heavy (non-hydrogen) atoms. The van der Waals surface area contributed by atoms with Gasteiger partial charge in [-0.1, -0.05) is 24.3 Å². The second-order valence-electron chi connectivity index (χ2n) is 5.99. The van der Waals surface area contributed by atoms with Gasteiger partial charge in [-0.15, -0.1) is 0 Å². The molecule has 0 amide bonds. The molecule has 1 aliphatic rings. The first-order valence-corrected chi connectivity index (χ1v) is 6.43. The standard InChI is InChI=1S/C15H24N2/c1-15(2,17(3)4)14(16)10-12-9-11-7-5-6-8-13(11)12/h5-8,12,14H,9-10,16H2,1-4H3. The van der Waals surface area contributed by atoms with E-state index in [1.165, 1.54) is 17.5 Å². The highest BCUT2D eigenvalue weighted by Crippen LogP contribution is 2.39. The van der Waals surface area contributed by atoms with Crippen LogP contribution in [-0.2, 0) is 6.42 Å². The van der Waals surface area contributed by atoms with Gasteiger partial charge in [-0.2, -0.15) is 0 Å². The van der Waals surface area contributed by atoms with Crippen molar-refractivity contribution in [3.8, 4) is 0 Å². The number of fused-ring (bicyclic) bond motifs is 1. The molecule has 2 heteroatoms. The van der Waals surface area contributed by atoms with Gasteiger partial charge in [-0.3, -0.25) is 0 Å². The van der Waals surface area contributed by atoms with Gasteiger partial charge in [0.1, 0.15) is 0 Å². The Kier molecular flexibility index (Phi) is 3.28. The molecule has 0 spiro atoms. The number of nitrogens with two attached hydrogens (primary N) is 1. The lowest BCUT2D eigenvalue weighted by Crippen LogP contribution is -2.53. The molecule has 2 atom stereocenters. The smallest absolute Gasteiger partial charge is 0.0298 e. The molecule has 2 N–H and O–H groups in total. The highest BCUT2D eigenvalue weighted by Gasteiger charge is 2.34. The van der Waals surface area contributed by atoms with Crippen LogP contribution in [0.2, 0.25) is 0 Å². The lowest BCUT2D eigenvalue weighted by atomic mass is 9.72. The van der Waals surface area contributed by atoms with Gasteiger partial charge in [0.2, 0.25) is 0 Å². The third kappa shape index (κ3) is 2.24. The molecule has 0 radical (unpaired) electrons. The van der Waals surface area contributed by atoms with Gasteiger partial charge in [0.05, 0.1) is 0 Å². The zero-order valence-electron chi connectivity index (χ0n) is 11.4. The van der Waals surface area contributed by atoms with Crippen molar-refractivity contribution >= 4 is 0 Å². The first kappa shape index (κ1) is 12.6. The Hall–Kier alpha value is -0.860. The molecule has 1 aromatic rings. The summed E-state index contributed by atoms with van der Waals surface area (Å²) in [5.74, 6) is 0.667. The summed E-state index contributed by atoms with van der Waals surface area (Å²) in [6.45, 7) is 4.45. The predicted molar refractivity (Wildman–Crippen MR) is 73.2 cm³/mol. The van der Waals surface area contributed by atoms with Crippen LogP contribution in [0, 0.1) is 0 Å². The maximum atomic E-state index is 6.38. The fraction of sp³-hybridized carbons (Fsp3) is 0.600. The molecular weight excluding hydrogens is 208 g/mol. The summed E-state index contributed by atoms with van der Waals surface area (Å²) in [6, 6.07) is 8.95. The molecule has 0 saturated heterocycles. The van der Waals surface area contributed by atoms with Gasteiger partial charge < -0.3 is 10.6 Å². The molecule has 94 valence electrons. The SMILES string of the molecule is CN(C)C(C)(C)C(N)CC1Cc2ccccc21. The van der Waals surface area contributed by atoms with Crippen molar-refractivity contribution in [2.45, 2.75) is 44.2 Å². The lowest BCUT2D eigenvalue weighted by molar-refractivity contribution is 0.147. The third-order valence-electron chi connectivity index (χ3n) is 4.56. The van der Waals surface area contributed by atoms with Crippen molar-refractivity contribution in [2.24, 2.45) is 5.73 Å². The van der Waals surface area contributed by atoms with Crippen molar-refractivity contribution in [1.82, 2.24) is 4.90 Å². The average Bonchev–Trinajstić information content (AvgIpc) is 2.25. The van der Waals surface area contributed by atoms with Crippen LogP contribution in [0.15, 0.2) is 24.3 Å². The highest BCUT2D eigenvalue weighted by atomic mass is 15.2. The summed E-state index contributed by atoms with van der Waals surface area (Å²) in [7, 11) is 4.21. The first-order chi connectivity index (χ1) is 7.93. The van der Waals surface area contributed by atoms with Crippen LogP contribution in [0.25, 0.3) is 0 Å². The van der Waals surface area contributed by atoms with E-state index in [-0.39, 0.29) is 11.6 Å². The molecule has 0 heterocycles. The van der Waals surface area contributed by atoms with Crippen molar-refractivity contribution in [3.63, 3.8) is 0 Å². The van der Waals surface area contributed by atoms with Crippen LogP contribution < -0.4 is 5.73 Å². The summed E-state index contributed by atoms with van der Waals surface area (Å²) in [6.07, 6.45) is 2.29. The van der Waals surface area contributed by atoms with E-state index in [4.69, 9.17) is 5.73 Å². The fourth-order valence-corrected chi connectivity index (χ4v) is 2.50. The largest absolute Gasteiger partial charge is 0.326 e. The summed E-state index contributed by atoms with van der Waals surface area (Å²) in [5.41, 5.74) is 9.46. The molecule has 0 fully saturated rings. The van der Waals surface area contributed by atoms with E-state index in [9.17, 15) is 0 Å². The summed E-state index contributed by atoms with van der Waals surface area (Å²) < 4.78 is 0. The van der Waals surface area contributed by atoms with Crippen LogP contribution in [-0.4, -0.2) is 30.6 Å². The predicted octanol–water partition coefficient (Wildman–Crippen LogP) is 2.38. The third-order valence-corrected chi connectivity index (χ3v) is 4.56. The normalized spacial score (nSPS) is 20.9. The molecule has 0 bridgehead atoms. The Morgan fingerprint density at radius 1 is 1.35 bits per heavy atom. The summed E-state index contributed by atoms with van der Waals surface area (Å²) >= 11 is 0. The molecule has 2 unspecified atom stereocenters. The second-order valence-corrected chi connectivity index (χ2v) is 5.99. The van der Waals surface area contributed by atoms with E-state index in [1.54, 1.807) is 0 Å². The van der Waals surface area contributed by atoms with Crippen molar-refractivity contribution in [3.05, 3.63) is 35.4 Å². The molecule has 1 aliphatic carbocycles. The van der Waals surface area contributed by atoms with E-state index >= 15 is 0 Å². The number of nitrogens with zero attached hydrogens (tertiary/aromatic N) is 1. The Morgan fingerprint density at radius 3 is 2.59 bits per heavy atom. The number of hydrogen-bond acceptors (Lipinski definition) is 2. The van der Waals surface area contributed by atoms with Crippen LogP contribution in [0.1, 0.15) is 37.3 Å². The molecule has 1 aromatic carbocycles. The summed E-state index contributed by atoms with van der Waals surface area (Å²) in [4.78, 5) is 2.22. The van der Waals surface area contributed by atoms with Crippen molar-refractivity contribution in [1.29, 1.82) is 0 Å². The van der Waals surface area contributed by atoms with Crippen LogP contribution >= 0.6 is 0 Å². The molecule has 2 rings (SSSR count). The highest BCUT2D eigenvalue weighted by molar-refractivity contribution is 5.40. The Morgan fingerprint density at radius 2 is 2.00 bits per heavy atom. The maximum Gasteiger partial charge on any atom is 0.0298 e. The minimum atomic E-state index is 0.0601. The van der Waals surface area contributed by atoms with Crippen LogP contribution in [0.3, 0.4) is 0 Å². The van der Waals surface area contributed by atoms with Crippen LogP contribution in [0.5, 0.6) is 0 Å². The molecule has 0 saturated carbocycles. The van der Waals surface area contributed by atoms with E-state index in [0.29, 0.717) is 5.92 Å². The Balaban J connectivity index is 2.01. The maximum absolute atomic E-state index is 6.38. The lowest BCUT2D eigenvalue weighted by Gasteiger charge is -2.41. The van der Waals surface area contributed by atoms with E-state index < -0.39 is 0 Å². The van der Waals surface area contributed by atoms with E-state index in [1.807, 2.05) is 0 Å². The minimum absolute atomic E-state index is 0.0601. The van der Waals surface area contributed by atoms with Gasteiger partial charge in [-0.25, -0.2) is 0 Å². The van der Waals surface area contributed by atoms with E-state index in [0.717, 1.165) is 6.42 Å². The fourth-order valence-electron chi connectivity index (χ4n) is 2.50. The van der Waals surface area contributed by atoms with Gasteiger partial charge >= 0.3 is 0 Å². The number of rotatable bonds is 4. The first-order valence-electron chi connectivity index (χ1n) is 6.43. The minimum Gasteiger partial charge on any atom is -0.326 e. The number of hydrogen-bond donors (Lipinski definition) is 1. The second kappa shape index (κ2) is 4.43. The van der Waals surface area contributed by atoms with E-state index in [2.05, 4.69) is 57.1 Å². The van der Waals surface area contributed by atoms with Gasteiger partial charge in [-0.05, 0) is 57.8 Å². The molecule has 2 nitrogen and oxygen atoms in total. The van der Waals surface area contributed by atoms with Gasteiger partial charge in [0, 0.05) is 11.6 Å². The topological polar surface area (TPSA) is 29.3 Å². The van der Waals surface area contributed by atoms with Crippen molar-refractivity contribution in [2.75, 3.05) is 14.1 Å². The molecular formula is C15H24N2. The Labute approximate surface area is 105 Å². The Bertz CT molecular complexity index is 396. The van der Waals surface area contributed by atoms with Crippen molar-refractivity contribution < 1.29 is 0 Å². The quantitative estimate of drug-likeness (QED) is 0.863. The monoisotopic (exact) mass is 232 g/mol. The number of benzene rings is 1. The van der Waals surface area contributed by atoms with Crippen LogP contribution in [0.4, 0.5) is 0 Å². The zero-order chi connectivity index (χ0) is 12.6. The molecule has 0 aromatic heterocycles. The average molecular weight is 232 g/mol. The van der Waals surface area contributed by atoms with Gasteiger partial charge in [0.25, 0.3) is 0 Å².